The number of hydrogen-bond donors (Lipinski definition) is 1. The van der Waals surface area contributed by atoms with Crippen molar-refractivity contribution < 1.29 is 4.74 Å². The molecular formula is C13H24N2O. The molecule has 0 atom stereocenters. The summed E-state index contributed by atoms with van der Waals surface area (Å²) in [5, 5.41) is 3.35. The van der Waals surface area contributed by atoms with Crippen LogP contribution in [0.5, 0.6) is 0 Å². The van der Waals surface area contributed by atoms with Crippen molar-refractivity contribution in [1.82, 2.24) is 9.88 Å². The topological polar surface area (TPSA) is 26.2 Å². The molecule has 0 fully saturated rings. The summed E-state index contributed by atoms with van der Waals surface area (Å²) >= 11 is 0. The van der Waals surface area contributed by atoms with Gasteiger partial charge in [-0.25, -0.2) is 0 Å². The van der Waals surface area contributed by atoms with Gasteiger partial charge in [-0.05, 0) is 38.9 Å². The van der Waals surface area contributed by atoms with Gasteiger partial charge in [0.15, 0.2) is 0 Å². The minimum Gasteiger partial charge on any atom is -0.379 e. The fraction of sp³-hybridized carbons (Fsp3) is 0.692. The molecule has 0 saturated carbocycles. The van der Waals surface area contributed by atoms with Crippen molar-refractivity contribution in [2.45, 2.75) is 45.9 Å². The molecule has 92 valence electrons. The molecule has 1 N–H and O–H groups in total. The number of nitrogens with one attached hydrogen (secondary N) is 1. The molecule has 0 aliphatic rings. The second kappa shape index (κ2) is 6.06. The Morgan fingerprint density at radius 2 is 2.19 bits per heavy atom. The van der Waals surface area contributed by atoms with Crippen molar-refractivity contribution >= 4 is 0 Å². The van der Waals surface area contributed by atoms with E-state index in [0.717, 1.165) is 26.1 Å². The highest BCUT2D eigenvalue weighted by Crippen LogP contribution is 2.15. The first-order valence-electron chi connectivity index (χ1n) is 5.99. The summed E-state index contributed by atoms with van der Waals surface area (Å²) in [6.45, 7) is 9.34. The molecular weight excluding hydrogens is 200 g/mol. The van der Waals surface area contributed by atoms with Crippen LogP contribution in [0.2, 0.25) is 0 Å². The lowest BCUT2D eigenvalue weighted by molar-refractivity contribution is 0.0119. The van der Waals surface area contributed by atoms with E-state index in [1.54, 1.807) is 7.11 Å². The third-order valence-corrected chi connectivity index (χ3v) is 2.99. The molecule has 0 spiro atoms. The van der Waals surface area contributed by atoms with Crippen LogP contribution in [0.4, 0.5) is 0 Å². The number of aromatic nitrogens is 1. The Morgan fingerprint density at radius 1 is 1.44 bits per heavy atom. The molecule has 1 heterocycles. The summed E-state index contributed by atoms with van der Waals surface area (Å²) in [4.78, 5) is 0. The van der Waals surface area contributed by atoms with E-state index < -0.39 is 0 Å². The molecule has 3 heteroatoms. The van der Waals surface area contributed by atoms with Crippen LogP contribution >= 0.6 is 0 Å². The zero-order valence-corrected chi connectivity index (χ0v) is 10.9. The predicted molar refractivity (Wildman–Crippen MR) is 67.5 cm³/mol. The Hall–Kier alpha value is -0.800. The van der Waals surface area contributed by atoms with Crippen molar-refractivity contribution in [2.24, 2.45) is 0 Å². The molecule has 0 unspecified atom stereocenters. The Morgan fingerprint density at radius 3 is 2.81 bits per heavy atom. The van der Waals surface area contributed by atoms with Gasteiger partial charge in [-0.3, -0.25) is 0 Å². The molecule has 0 aliphatic carbocycles. The summed E-state index contributed by atoms with van der Waals surface area (Å²) in [7, 11) is 1.77. The quantitative estimate of drug-likeness (QED) is 0.770. The molecule has 16 heavy (non-hydrogen) atoms. The second-order valence-corrected chi connectivity index (χ2v) is 4.69. The van der Waals surface area contributed by atoms with Gasteiger partial charge >= 0.3 is 0 Å². The van der Waals surface area contributed by atoms with E-state index in [2.05, 4.69) is 49.0 Å². The Labute approximate surface area is 98.8 Å². The number of ether oxygens (including phenoxy) is 1. The maximum absolute atomic E-state index is 5.43. The molecule has 0 aliphatic heterocycles. The molecule has 0 aromatic carbocycles. The molecule has 0 bridgehead atoms. The second-order valence-electron chi connectivity index (χ2n) is 4.69. The first-order chi connectivity index (χ1) is 7.59. The fourth-order valence-corrected chi connectivity index (χ4v) is 1.57. The summed E-state index contributed by atoms with van der Waals surface area (Å²) < 4.78 is 7.72. The maximum Gasteiger partial charge on any atom is 0.0639 e. The van der Waals surface area contributed by atoms with Crippen LogP contribution < -0.4 is 5.32 Å². The third-order valence-electron chi connectivity index (χ3n) is 2.99. The third kappa shape index (κ3) is 3.99. The lowest BCUT2D eigenvalue weighted by Gasteiger charge is -2.23. The highest BCUT2D eigenvalue weighted by molar-refractivity contribution is 5.06. The molecule has 0 saturated heterocycles. The van der Waals surface area contributed by atoms with Crippen molar-refractivity contribution in [3.8, 4) is 0 Å². The number of aryl methyl sites for hydroxylation is 1. The van der Waals surface area contributed by atoms with Gasteiger partial charge in [0.05, 0.1) is 5.60 Å². The normalized spacial score (nSPS) is 12.0. The van der Waals surface area contributed by atoms with Crippen LogP contribution in [-0.4, -0.2) is 23.8 Å². The first-order valence-corrected chi connectivity index (χ1v) is 5.99. The number of nitrogens with zero attached hydrogens (tertiary/aromatic N) is 1. The van der Waals surface area contributed by atoms with Gasteiger partial charge in [-0.2, -0.15) is 0 Å². The number of methoxy groups -OCH3 is 1. The summed E-state index contributed by atoms with van der Waals surface area (Å²) in [5.41, 5.74) is 1.30. The average molecular weight is 224 g/mol. The minimum atomic E-state index is -0.0419. The maximum atomic E-state index is 5.43. The highest BCUT2D eigenvalue weighted by atomic mass is 16.5. The van der Waals surface area contributed by atoms with Crippen molar-refractivity contribution in [2.75, 3.05) is 13.7 Å². The van der Waals surface area contributed by atoms with Gasteiger partial charge in [-0.1, -0.05) is 6.92 Å². The number of hydrogen-bond acceptors (Lipinski definition) is 2. The zero-order chi connectivity index (χ0) is 12.0. The summed E-state index contributed by atoms with van der Waals surface area (Å²) in [6, 6.07) is 4.27. The summed E-state index contributed by atoms with van der Waals surface area (Å²) in [5.74, 6) is 0. The smallest absolute Gasteiger partial charge is 0.0639 e. The molecule has 1 aromatic rings. The van der Waals surface area contributed by atoms with E-state index in [-0.39, 0.29) is 5.60 Å². The van der Waals surface area contributed by atoms with E-state index >= 15 is 0 Å². The highest BCUT2D eigenvalue weighted by Gasteiger charge is 2.16. The lowest BCUT2D eigenvalue weighted by atomic mass is 10.1. The van der Waals surface area contributed by atoms with Gasteiger partial charge in [0.2, 0.25) is 0 Å². The minimum absolute atomic E-state index is 0.0419. The standard InChI is InChI=1S/C13H24N2O/c1-5-14-11-12-7-6-9-15(12)10-8-13(2,3)16-4/h6-7,9,14H,5,8,10-11H2,1-4H3. The molecule has 1 rings (SSSR count). The van der Waals surface area contributed by atoms with Gasteiger partial charge in [0.25, 0.3) is 0 Å². The fourth-order valence-electron chi connectivity index (χ4n) is 1.57. The molecule has 3 nitrogen and oxygen atoms in total. The Bertz CT molecular complexity index is 305. The molecule has 0 amide bonds. The van der Waals surface area contributed by atoms with Crippen molar-refractivity contribution in [1.29, 1.82) is 0 Å². The van der Waals surface area contributed by atoms with Gasteiger partial charge < -0.3 is 14.6 Å². The molecule has 0 radical (unpaired) electrons. The van der Waals surface area contributed by atoms with E-state index in [1.807, 2.05) is 0 Å². The van der Waals surface area contributed by atoms with E-state index in [9.17, 15) is 0 Å². The van der Waals surface area contributed by atoms with E-state index in [4.69, 9.17) is 4.74 Å². The monoisotopic (exact) mass is 224 g/mol. The van der Waals surface area contributed by atoms with Crippen LogP contribution in [0.15, 0.2) is 18.3 Å². The number of rotatable bonds is 7. The predicted octanol–water partition coefficient (Wildman–Crippen LogP) is 2.41. The zero-order valence-electron chi connectivity index (χ0n) is 10.9. The van der Waals surface area contributed by atoms with Crippen LogP contribution in [-0.2, 0) is 17.8 Å². The first kappa shape index (κ1) is 13.3. The lowest BCUT2D eigenvalue weighted by Crippen LogP contribution is -2.25. The average Bonchev–Trinajstić information content (AvgIpc) is 2.71. The van der Waals surface area contributed by atoms with Gasteiger partial charge in [-0.15, -0.1) is 0 Å². The SMILES string of the molecule is CCNCc1cccn1CCC(C)(C)OC. The van der Waals surface area contributed by atoms with E-state index in [1.165, 1.54) is 5.69 Å². The van der Waals surface area contributed by atoms with Crippen LogP contribution in [0.3, 0.4) is 0 Å². The Balaban J connectivity index is 2.50. The van der Waals surface area contributed by atoms with Crippen LogP contribution in [0, 0.1) is 0 Å². The van der Waals surface area contributed by atoms with Gasteiger partial charge in [0.1, 0.15) is 0 Å². The molecule has 1 aromatic heterocycles. The van der Waals surface area contributed by atoms with Crippen LogP contribution in [0.25, 0.3) is 0 Å². The van der Waals surface area contributed by atoms with Crippen molar-refractivity contribution in [3.63, 3.8) is 0 Å². The van der Waals surface area contributed by atoms with E-state index in [0.29, 0.717) is 0 Å². The van der Waals surface area contributed by atoms with Gasteiger partial charge in [0, 0.05) is 32.1 Å². The van der Waals surface area contributed by atoms with Crippen LogP contribution in [0.1, 0.15) is 32.9 Å². The van der Waals surface area contributed by atoms with Crippen molar-refractivity contribution in [3.05, 3.63) is 24.0 Å². The Kier molecular flexibility index (Phi) is 5.03. The summed E-state index contributed by atoms with van der Waals surface area (Å²) in [6.07, 6.45) is 3.16. The largest absolute Gasteiger partial charge is 0.379 e.